The smallest absolute Gasteiger partial charge is 0.223 e. The largest absolute Gasteiger partial charge is 0.392 e. The van der Waals surface area contributed by atoms with Crippen molar-refractivity contribution in [2.75, 3.05) is 18.5 Å². The second-order valence-corrected chi connectivity index (χ2v) is 8.21. The van der Waals surface area contributed by atoms with E-state index in [-0.39, 0.29) is 36.8 Å². The topological polar surface area (TPSA) is 100 Å². The number of rotatable bonds is 5. The van der Waals surface area contributed by atoms with E-state index < -0.39 is 11.9 Å². The van der Waals surface area contributed by atoms with Gasteiger partial charge in [0.15, 0.2) is 5.82 Å². The van der Waals surface area contributed by atoms with Gasteiger partial charge in [-0.3, -0.25) is 4.98 Å². The molecule has 0 bridgehead atoms. The zero-order chi connectivity index (χ0) is 22.1. The molecule has 1 aromatic carbocycles. The molecule has 31 heavy (non-hydrogen) atoms. The normalized spacial score (nSPS) is 19.2. The number of fused-ring (bicyclic) bond motifs is 1. The van der Waals surface area contributed by atoms with Crippen molar-refractivity contribution in [2.45, 2.75) is 51.9 Å². The van der Waals surface area contributed by atoms with Crippen LogP contribution in [0, 0.1) is 12.7 Å². The summed E-state index contributed by atoms with van der Waals surface area (Å²) in [5, 5.41) is 23.9. The van der Waals surface area contributed by atoms with Crippen molar-refractivity contribution < 1.29 is 19.3 Å². The molecule has 3 aromatic rings. The Balaban J connectivity index is 1.81. The fourth-order valence-electron chi connectivity index (χ4n) is 4.25. The summed E-state index contributed by atoms with van der Waals surface area (Å²) in [5.74, 6) is -0.116. The van der Waals surface area contributed by atoms with Crippen LogP contribution < -0.4 is 5.32 Å². The van der Waals surface area contributed by atoms with Crippen molar-refractivity contribution in [3.63, 3.8) is 0 Å². The molecular weight excluding hydrogens is 399 g/mol. The highest BCUT2D eigenvalue weighted by molar-refractivity contribution is 5.92. The van der Waals surface area contributed by atoms with Gasteiger partial charge in [-0.2, -0.15) is 0 Å². The van der Waals surface area contributed by atoms with Crippen molar-refractivity contribution in [3.8, 4) is 11.3 Å². The number of aromatic nitrogens is 3. The SMILES string of the molecule is Cc1c(-c2nc(N[C@@H]3CCOC[C@H]3O)ncc2F)ccc2ncc(CO)c(C(C)C)c12. The summed E-state index contributed by atoms with van der Waals surface area (Å²) >= 11 is 0. The summed E-state index contributed by atoms with van der Waals surface area (Å²) in [6.45, 7) is 6.71. The number of halogens is 1. The summed E-state index contributed by atoms with van der Waals surface area (Å²) in [6, 6.07) is 3.40. The number of aliphatic hydroxyl groups excluding tert-OH is 2. The van der Waals surface area contributed by atoms with Crippen molar-refractivity contribution in [1.82, 2.24) is 15.0 Å². The number of pyridine rings is 1. The average Bonchev–Trinajstić information content (AvgIpc) is 2.76. The fraction of sp³-hybridized carbons (Fsp3) is 0.435. The first-order valence-corrected chi connectivity index (χ1v) is 10.5. The van der Waals surface area contributed by atoms with Crippen LogP contribution in [0.4, 0.5) is 10.3 Å². The molecule has 0 amide bonds. The van der Waals surface area contributed by atoms with Gasteiger partial charge in [-0.25, -0.2) is 14.4 Å². The van der Waals surface area contributed by atoms with Gasteiger partial charge in [0, 0.05) is 23.8 Å². The third-order valence-electron chi connectivity index (χ3n) is 5.81. The molecule has 1 saturated heterocycles. The van der Waals surface area contributed by atoms with E-state index in [0.29, 0.717) is 18.6 Å². The standard InChI is InChI=1S/C23H27FN4O3/c1-12(2)20-14(10-29)8-25-18-5-4-15(13(3)21(18)20)22-16(24)9-26-23(28-22)27-17-6-7-31-11-19(17)30/h4-5,8-9,12,17,19,29-30H,6-7,10-11H2,1-3H3,(H,26,27,28)/t17-,19-/m1/s1. The highest BCUT2D eigenvalue weighted by Gasteiger charge is 2.25. The monoisotopic (exact) mass is 426 g/mol. The fourth-order valence-corrected chi connectivity index (χ4v) is 4.25. The van der Waals surface area contributed by atoms with Gasteiger partial charge in [0.2, 0.25) is 5.95 Å². The first-order chi connectivity index (χ1) is 14.9. The summed E-state index contributed by atoms with van der Waals surface area (Å²) < 4.78 is 20.1. The number of benzene rings is 1. The average molecular weight is 426 g/mol. The van der Waals surface area contributed by atoms with Crippen LogP contribution in [0.5, 0.6) is 0 Å². The first-order valence-electron chi connectivity index (χ1n) is 10.5. The van der Waals surface area contributed by atoms with Gasteiger partial charge in [-0.1, -0.05) is 19.9 Å². The van der Waals surface area contributed by atoms with E-state index in [1.54, 1.807) is 6.20 Å². The molecule has 0 unspecified atom stereocenters. The number of aliphatic hydroxyl groups is 2. The zero-order valence-corrected chi connectivity index (χ0v) is 17.9. The van der Waals surface area contributed by atoms with Crippen molar-refractivity contribution in [2.24, 2.45) is 0 Å². The van der Waals surface area contributed by atoms with Crippen molar-refractivity contribution in [1.29, 1.82) is 0 Å². The first kappa shape index (κ1) is 21.5. The highest BCUT2D eigenvalue weighted by atomic mass is 19.1. The third kappa shape index (κ3) is 4.11. The second-order valence-electron chi connectivity index (χ2n) is 8.21. The van der Waals surface area contributed by atoms with E-state index in [2.05, 4.69) is 34.1 Å². The van der Waals surface area contributed by atoms with E-state index in [9.17, 15) is 14.6 Å². The molecule has 0 spiro atoms. The maximum absolute atomic E-state index is 14.8. The minimum atomic E-state index is -0.676. The zero-order valence-electron chi connectivity index (χ0n) is 17.9. The third-order valence-corrected chi connectivity index (χ3v) is 5.81. The second kappa shape index (κ2) is 8.82. The van der Waals surface area contributed by atoms with Crippen LogP contribution in [0.15, 0.2) is 24.5 Å². The van der Waals surface area contributed by atoms with Crippen LogP contribution in [-0.4, -0.2) is 50.5 Å². The molecule has 8 heteroatoms. The Bertz CT molecular complexity index is 1110. The van der Waals surface area contributed by atoms with Gasteiger partial charge in [-0.05, 0) is 42.0 Å². The summed E-state index contributed by atoms with van der Waals surface area (Å²) in [5.41, 5.74) is 4.23. The minimum Gasteiger partial charge on any atom is -0.392 e. The Labute approximate surface area is 180 Å². The number of nitrogens with one attached hydrogen (secondary N) is 1. The molecule has 4 rings (SSSR count). The molecule has 3 heterocycles. The lowest BCUT2D eigenvalue weighted by Crippen LogP contribution is -2.42. The molecule has 0 aliphatic carbocycles. The molecule has 3 N–H and O–H groups in total. The van der Waals surface area contributed by atoms with Gasteiger partial charge in [0.05, 0.1) is 37.1 Å². The predicted molar refractivity (Wildman–Crippen MR) is 116 cm³/mol. The Morgan fingerprint density at radius 3 is 2.77 bits per heavy atom. The number of hydrogen-bond donors (Lipinski definition) is 3. The highest BCUT2D eigenvalue weighted by Crippen LogP contribution is 2.35. The maximum atomic E-state index is 14.8. The summed E-state index contributed by atoms with van der Waals surface area (Å²) in [7, 11) is 0. The molecule has 1 aliphatic heterocycles. The van der Waals surface area contributed by atoms with Gasteiger partial charge in [0.25, 0.3) is 0 Å². The lowest BCUT2D eigenvalue weighted by molar-refractivity contribution is -0.0136. The maximum Gasteiger partial charge on any atom is 0.223 e. The van der Waals surface area contributed by atoms with Crippen LogP contribution in [0.1, 0.15) is 42.9 Å². The van der Waals surface area contributed by atoms with Gasteiger partial charge in [-0.15, -0.1) is 0 Å². The van der Waals surface area contributed by atoms with E-state index in [0.717, 1.165) is 33.8 Å². The number of aryl methyl sites for hydroxylation is 1. The molecule has 164 valence electrons. The van der Waals surface area contributed by atoms with Crippen molar-refractivity contribution >= 4 is 16.9 Å². The lowest BCUT2D eigenvalue weighted by Gasteiger charge is -2.28. The number of anilines is 1. The van der Waals surface area contributed by atoms with Crippen LogP contribution in [0.3, 0.4) is 0 Å². The molecular formula is C23H27FN4O3. The Morgan fingerprint density at radius 1 is 1.26 bits per heavy atom. The minimum absolute atomic E-state index is 0.108. The number of nitrogens with zero attached hydrogens (tertiary/aromatic N) is 3. The predicted octanol–water partition coefficient (Wildman–Crippen LogP) is 3.32. The van der Waals surface area contributed by atoms with E-state index in [1.165, 1.54) is 0 Å². The molecule has 2 aromatic heterocycles. The lowest BCUT2D eigenvalue weighted by atomic mass is 9.89. The molecule has 0 saturated carbocycles. The molecule has 1 aliphatic rings. The Kier molecular flexibility index (Phi) is 6.13. The van der Waals surface area contributed by atoms with Crippen molar-refractivity contribution in [3.05, 3.63) is 47.0 Å². The molecule has 0 radical (unpaired) electrons. The van der Waals surface area contributed by atoms with E-state index >= 15 is 0 Å². The van der Waals surface area contributed by atoms with Crippen LogP contribution in [0.2, 0.25) is 0 Å². The van der Waals surface area contributed by atoms with E-state index in [1.807, 2.05) is 19.1 Å². The Hall–Kier alpha value is -2.68. The molecule has 1 fully saturated rings. The quantitative estimate of drug-likeness (QED) is 0.575. The number of ether oxygens (including phenoxy) is 1. The summed E-state index contributed by atoms with van der Waals surface area (Å²) in [6.07, 6.45) is 2.78. The number of hydrogen-bond acceptors (Lipinski definition) is 7. The van der Waals surface area contributed by atoms with Gasteiger partial charge in [0.1, 0.15) is 5.69 Å². The van der Waals surface area contributed by atoms with Gasteiger partial charge >= 0.3 is 0 Å². The van der Waals surface area contributed by atoms with Crippen LogP contribution in [-0.2, 0) is 11.3 Å². The Morgan fingerprint density at radius 2 is 2.06 bits per heavy atom. The van der Waals surface area contributed by atoms with Crippen LogP contribution >= 0.6 is 0 Å². The molecule has 2 atom stereocenters. The summed E-state index contributed by atoms with van der Waals surface area (Å²) in [4.78, 5) is 13.0. The van der Waals surface area contributed by atoms with Gasteiger partial charge < -0.3 is 20.3 Å². The van der Waals surface area contributed by atoms with E-state index in [4.69, 9.17) is 4.74 Å². The van der Waals surface area contributed by atoms with Crippen LogP contribution in [0.25, 0.3) is 22.2 Å². The molecule has 7 nitrogen and oxygen atoms in total.